The maximum Gasteiger partial charge on any atom is 0.233 e. The number of aromatic nitrogens is 2. The van der Waals surface area contributed by atoms with Crippen molar-refractivity contribution in [3.8, 4) is 17.1 Å². The maximum absolute atomic E-state index is 13.2. The highest BCUT2D eigenvalue weighted by molar-refractivity contribution is 5.91. The summed E-state index contributed by atoms with van der Waals surface area (Å²) in [5.74, 6) is 2.46. The molecule has 0 N–H and O–H groups in total. The lowest BCUT2D eigenvalue weighted by molar-refractivity contribution is -0.133. The molecule has 0 spiro atoms. The molecule has 3 aromatic rings. The Hall–Kier alpha value is -3.15. The van der Waals surface area contributed by atoms with Crippen LogP contribution in [0.25, 0.3) is 11.4 Å². The number of hydrogen-bond donors (Lipinski definition) is 0. The number of nitrogens with zero attached hydrogens (tertiary/aromatic N) is 3. The van der Waals surface area contributed by atoms with Crippen LogP contribution in [0.5, 0.6) is 5.75 Å². The van der Waals surface area contributed by atoms with Crippen LogP contribution >= 0.6 is 0 Å². The van der Waals surface area contributed by atoms with Crippen molar-refractivity contribution in [2.45, 2.75) is 50.5 Å². The second kappa shape index (κ2) is 7.84. The number of amides is 1. The molecule has 6 heteroatoms. The zero-order valence-electron chi connectivity index (χ0n) is 18.0. The van der Waals surface area contributed by atoms with Crippen molar-refractivity contribution in [2.75, 3.05) is 13.1 Å². The van der Waals surface area contributed by atoms with Gasteiger partial charge in [0, 0.05) is 24.4 Å². The molecule has 2 aliphatic rings. The Morgan fingerprint density at radius 2 is 1.87 bits per heavy atom. The van der Waals surface area contributed by atoms with E-state index in [1.54, 1.807) is 0 Å². The van der Waals surface area contributed by atoms with Gasteiger partial charge in [-0.1, -0.05) is 49.3 Å². The quantitative estimate of drug-likeness (QED) is 0.588. The van der Waals surface area contributed by atoms with Crippen LogP contribution in [-0.4, -0.2) is 40.1 Å². The summed E-state index contributed by atoms with van der Waals surface area (Å²) in [6.07, 6.45) is 2.74. The molecular weight excluding hydrogens is 390 g/mol. The van der Waals surface area contributed by atoms with E-state index in [1.807, 2.05) is 61.2 Å². The number of ether oxygens (including phenoxy) is 1. The minimum atomic E-state index is -0.308. The summed E-state index contributed by atoms with van der Waals surface area (Å²) in [7, 11) is 0. The van der Waals surface area contributed by atoms with Gasteiger partial charge in [0.15, 0.2) is 0 Å². The molecule has 1 atom stereocenters. The fourth-order valence-corrected chi connectivity index (χ4v) is 4.28. The van der Waals surface area contributed by atoms with Gasteiger partial charge in [-0.2, -0.15) is 4.98 Å². The minimum Gasteiger partial charge on any atom is -0.489 e. The molecule has 6 nitrogen and oxygen atoms in total. The van der Waals surface area contributed by atoms with Crippen molar-refractivity contribution in [3.05, 3.63) is 66.1 Å². The summed E-state index contributed by atoms with van der Waals surface area (Å²) < 4.78 is 11.5. The highest BCUT2D eigenvalue weighted by Crippen LogP contribution is 2.50. The summed E-state index contributed by atoms with van der Waals surface area (Å²) >= 11 is 0. The third-order valence-corrected chi connectivity index (χ3v) is 6.27. The molecule has 5 rings (SSSR count). The fraction of sp³-hybridized carbons (Fsp3) is 0.400. The molecule has 1 aliphatic carbocycles. The molecule has 1 saturated heterocycles. The van der Waals surface area contributed by atoms with Crippen LogP contribution in [-0.2, 0) is 10.2 Å². The number of likely N-dealkylation sites (tertiary alicyclic amines) is 1. The summed E-state index contributed by atoms with van der Waals surface area (Å²) in [4.78, 5) is 19.6. The predicted molar refractivity (Wildman–Crippen MR) is 117 cm³/mol. The smallest absolute Gasteiger partial charge is 0.233 e. The van der Waals surface area contributed by atoms with Gasteiger partial charge in [0.05, 0.1) is 12.0 Å². The molecule has 1 amide bonds. The van der Waals surface area contributed by atoms with Gasteiger partial charge in [-0.25, -0.2) is 0 Å². The average molecular weight is 418 g/mol. The third kappa shape index (κ3) is 3.82. The van der Waals surface area contributed by atoms with E-state index in [4.69, 9.17) is 9.26 Å². The SMILES string of the molecule is CC(C)c1nc(-c2ccc(OC3CCN(C(=O)C4(c5ccccc5)CC4)C3)cc2)no1. The van der Waals surface area contributed by atoms with E-state index < -0.39 is 0 Å². The van der Waals surface area contributed by atoms with Gasteiger partial charge in [-0.15, -0.1) is 0 Å². The van der Waals surface area contributed by atoms with Gasteiger partial charge in [0.25, 0.3) is 0 Å². The van der Waals surface area contributed by atoms with E-state index in [0.717, 1.165) is 42.7 Å². The van der Waals surface area contributed by atoms with E-state index in [-0.39, 0.29) is 23.3 Å². The fourth-order valence-electron chi connectivity index (χ4n) is 4.28. The van der Waals surface area contributed by atoms with E-state index in [0.29, 0.717) is 18.3 Å². The predicted octanol–water partition coefficient (Wildman–Crippen LogP) is 4.57. The van der Waals surface area contributed by atoms with Crippen molar-refractivity contribution >= 4 is 5.91 Å². The van der Waals surface area contributed by atoms with Crippen molar-refractivity contribution in [1.29, 1.82) is 0 Å². The van der Waals surface area contributed by atoms with Crippen molar-refractivity contribution in [3.63, 3.8) is 0 Å². The second-order valence-corrected chi connectivity index (χ2v) is 8.86. The van der Waals surface area contributed by atoms with Gasteiger partial charge >= 0.3 is 0 Å². The molecule has 0 radical (unpaired) electrons. The van der Waals surface area contributed by atoms with Crippen molar-refractivity contribution < 1.29 is 14.1 Å². The molecule has 0 bridgehead atoms. The lowest BCUT2D eigenvalue weighted by Gasteiger charge is -2.23. The zero-order chi connectivity index (χ0) is 21.4. The van der Waals surface area contributed by atoms with Gasteiger partial charge in [0.2, 0.25) is 17.6 Å². The summed E-state index contributed by atoms with van der Waals surface area (Å²) in [6, 6.07) is 17.9. The first-order valence-electron chi connectivity index (χ1n) is 11.0. The number of benzene rings is 2. The van der Waals surface area contributed by atoms with Crippen LogP contribution in [0.4, 0.5) is 0 Å². The molecule has 2 heterocycles. The minimum absolute atomic E-state index is 0.0130. The monoisotopic (exact) mass is 417 g/mol. The molecule has 1 saturated carbocycles. The molecule has 2 aromatic carbocycles. The molecule has 1 aliphatic heterocycles. The standard InChI is InChI=1S/C25H27N3O3/c1-17(2)23-26-22(27-31-23)18-8-10-20(11-9-18)30-21-12-15-28(16-21)24(29)25(13-14-25)19-6-4-3-5-7-19/h3-11,17,21H,12-16H2,1-2H3. The Morgan fingerprint density at radius 3 is 2.52 bits per heavy atom. The van der Waals surface area contributed by atoms with Crippen LogP contribution < -0.4 is 4.74 Å². The molecular formula is C25H27N3O3. The molecule has 1 unspecified atom stereocenters. The molecule has 1 aromatic heterocycles. The average Bonchev–Trinajstić information content (AvgIpc) is 3.21. The highest BCUT2D eigenvalue weighted by Gasteiger charge is 2.53. The van der Waals surface area contributed by atoms with Crippen LogP contribution in [0, 0.1) is 0 Å². The van der Waals surface area contributed by atoms with Crippen LogP contribution in [0.3, 0.4) is 0 Å². The van der Waals surface area contributed by atoms with Gasteiger partial charge < -0.3 is 14.2 Å². The lowest BCUT2D eigenvalue weighted by atomic mass is 9.94. The van der Waals surface area contributed by atoms with E-state index in [9.17, 15) is 4.79 Å². The van der Waals surface area contributed by atoms with E-state index in [2.05, 4.69) is 22.3 Å². The van der Waals surface area contributed by atoms with Gasteiger partial charge in [-0.3, -0.25) is 4.79 Å². The third-order valence-electron chi connectivity index (χ3n) is 6.27. The summed E-state index contributed by atoms with van der Waals surface area (Å²) in [5.41, 5.74) is 1.73. The Balaban J connectivity index is 1.21. The van der Waals surface area contributed by atoms with Crippen LogP contribution in [0.1, 0.15) is 50.5 Å². The summed E-state index contributed by atoms with van der Waals surface area (Å²) in [6.45, 7) is 5.43. The lowest BCUT2D eigenvalue weighted by Crippen LogP contribution is -2.38. The van der Waals surface area contributed by atoms with E-state index in [1.165, 1.54) is 0 Å². The number of carbonyl (C=O) groups excluding carboxylic acids is 1. The largest absolute Gasteiger partial charge is 0.489 e. The first-order valence-corrected chi connectivity index (χ1v) is 11.0. The molecule has 2 fully saturated rings. The Bertz CT molecular complexity index is 1060. The molecule has 160 valence electrons. The summed E-state index contributed by atoms with van der Waals surface area (Å²) in [5, 5.41) is 4.05. The van der Waals surface area contributed by atoms with Crippen LogP contribution in [0.2, 0.25) is 0 Å². The number of rotatable bonds is 6. The Morgan fingerprint density at radius 1 is 1.13 bits per heavy atom. The normalized spacial score (nSPS) is 19.6. The number of carbonyl (C=O) groups is 1. The first-order chi connectivity index (χ1) is 15.0. The Kier molecular flexibility index (Phi) is 5.00. The van der Waals surface area contributed by atoms with E-state index >= 15 is 0 Å². The van der Waals surface area contributed by atoms with Crippen LogP contribution in [0.15, 0.2) is 59.1 Å². The highest BCUT2D eigenvalue weighted by atomic mass is 16.5. The van der Waals surface area contributed by atoms with Gasteiger partial charge in [-0.05, 0) is 42.7 Å². The van der Waals surface area contributed by atoms with Gasteiger partial charge in [0.1, 0.15) is 11.9 Å². The molecule has 31 heavy (non-hydrogen) atoms. The topological polar surface area (TPSA) is 68.5 Å². The first kappa shape index (κ1) is 19.8. The number of hydrogen-bond acceptors (Lipinski definition) is 5. The van der Waals surface area contributed by atoms with Crippen molar-refractivity contribution in [2.24, 2.45) is 0 Å². The van der Waals surface area contributed by atoms with Crippen molar-refractivity contribution in [1.82, 2.24) is 15.0 Å². The zero-order valence-corrected chi connectivity index (χ0v) is 18.0. The maximum atomic E-state index is 13.2. The Labute approximate surface area is 182 Å². The second-order valence-electron chi connectivity index (χ2n) is 8.86.